The highest BCUT2D eigenvalue weighted by Gasteiger charge is 2.40. The van der Waals surface area contributed by atoms with E-state index in [1.807, 2.05) is 18.7 Å². The third-order valence-electron chi connectivity index (χ3n) is 9.32. The third-order valence-corrected chi connectivity index (χ3v) is 9.61. The van der Waals surface area contributed by atoms with Crippen molar-refractivity contribution in [1.29, 1.82) is 0 Å². The van der Waals surface area contributed by atoms with Gasteiger partial charge in [-0.2, -0.15) is 18.2 Å². The predicted molar refractivity (Wildman–Crippen MR) is 184 cm³/mol. The molecule has 0 spiro atoms. The minimum atomic E-state index is -4.74. The van der Waals surface area contributed by atoms with E-state index in [0.29, 0.717) is 22.5 Å². The Morgan fingerprint density at radius 1 is 0.960 bits per heavy atom. The van der Waals surface area contributed by atoms with Gasteiger partial charge in [0.05, 0.1) is 38.7 Å². The molecule has 50 heavy (non-hydrogen) atoms. The van der Waals surface area contributed by atoms with Crippen LogP contribution in [-0.2, 0) is 10.9 Å². The standard InChI is InChI=1S/C35H38ClF3N8O3/c1-17-15-46(33(49)50-34(3,4)5)18(2)14-45(17)30-23-13-25(36)28(22-12-21(40)10-11-24(22)35(37,38)39)43-31(23)47(32(48)44-30)29-26(19-6-7-19)41-16-42-27(29)20-8-9-20/h10-13,16-20H,6-9,14-15,40H2,1-5H3/t17-,18+/m0/s1. The first kappa shape index (κ1) is 34.0. The number of rotatable bonds is 5. The van der Waals surface area contributed by atoms with Gasteiger partial charge in [0.25, 0.3) is 0 Å². The lowest BCUT2D eigenvalue weighted by Gasteiger charge is -2.44. The van der Waals surface area contributed by atoms with E-state index in [4.69, 9.17) is 27.1 Å². The molecule has 4 heterocycles. The molecule has 11 nitrogen and oxygen atoms in total. The lowest BCUT2D eigenvalue weighted by molar-refractivity contribution is -0.137. The number of nitrogens with zero attached hydrogens (tertiary/aromatic N) is 7. The predicted octanol–water partition coefficient (Wildman–Crippen LogP) is 7.08. The number of amides is 1. The second-order valence-electron chi connectivity index (χ2n) is 14.6. The highest BCUT2D eigenvalue weighted by Crippen LogP contribution is 2.48. The number of pyridine rings is 1. The Morgan fingerprint density at radius 3 is 2.18 bits per heavy atom. The fraction of sp³-hybridized carbons (Fsp3) is 0.486. The van der Waals surface area contributed by atoms with Crippen LogP contribution < -0.4 is 16.3 Å². The van der Waals surface area contributed by atoms with Crippen molar-refractivity contribution in [3.05, 3.63) is 63.1 Å². The van der Waals surface area contributed by atoms with Crippen LogP contribution >= 0.6 is 11.6 Å². The molecule has 7 rings (SSSR count). The number of carbonyl (C=O) groups excluding carboxylic acids is 1. The molecule has 264 valence electrons. The quantitative estimate of drug-likeness (QED) is 0.216. The minimum absolute atomic E-state index is 0.0722. The highest BCUT2D eigenvalue weighted by molar-refractivity contribution is 6.34. The molecule has 0 bridgehead atoms. The van der Waals surface area contributed by atoms with Gasteiger partial charge in [0.2, 0.25) is 0 Å². The largest absolute Gasteiger partial charge is 0.444 e. The SMILES string of the molecule is C[C@@H]1CN(c2nc(=O)n(-c3c(C4CC4)ncnc3C3CC3)c3nc(-c4cc(N)ccc4C(F)(F)F)c(Cl)cc23)[C@@H](C)CN1C(=O)OC(C)(C)C. The number of nitrogens with two attached hydrogens (primary N) is 1. The summed E-state index contributed by atoms with van der Waals surface area (Å²) < 4.78 is 50.0. The number of piperazine rings is 1. The minimum Gasteiger partial charge on any atom is -0.444 e. The van der Waals surface area contributed by atoms with Crippen molar-refractivity contribution in [2.75, 3.05) is 23.7 Å². The first-order valence-corrected chi connectivity index (χ1v) is 17.1. The number of halogens is 4. The van der Waals surface area contributed by atoms with Crippen LogP contribution in [0.25, 0.3) is 28.0 Å². The molecule has 3 fully saturated rings. The van der Waals surface area contributed by atoms with Crippen LogP contribution in [0.3, 0.4) is 0 Å². The lowest BCUT2D eigenvalue weighted by Crippen LogP contribution is -2.59. The Morgan fingerprint density at radius 2 is 1.60 bits per heavy atom. The van der Waals surface area contributed by atoms with Crippen molar-refractivity contribution in [3.63, 3.8) is 0 Å². The molecule has 15 heteroatoms. The number of carbonyl (C=O) groups is 1. The van der Waals surface area contributed by atoms with E-state index >= 15 is 0 Å². The van der Waals surface area contributed by atoms with Gasteiger partial charge in [-0.3, -0.25) is 0 Å². The summed E-state index contributed by atoms with van der Waals surface area (Å²) in [7, 11) is 0. The fourth-order valence-corrected chi connectivity index (χ4v) is 6.92. The van der Waals surface area contributed by atoms with Crippen molar-refractivity contribution in [2.24, 2.45) is 0 Å². The molecule has 3 aliphatic rings. The first-order valence-electron chi connectivity index (χ1n) is 16.7. The molecule has 2 aliphatic carbocycles. The summed E-state index contributed by atoms with van der Waals surface area (Å²) in [4.78, 5) is 49.7. The number of ether oxygens (including phenoxy) is 1. The smallest absolute Gasteiger partial charge is 0.417 e. The van der Waals surface area contributed by atoms with E-state index in [9.17, 15) is 22.8 Å². The molecular formula is C35H38ClF3N8O3. The average molecular weight is 711 g/mol. The van der Waals surface area contributed by atoms with Gasteiger partial charge >= 0.3 is 18.0 Å². The Labute approximate surface area is 291 Å². The Kier molecular flexibility index (Phi) is 8.23. The molecular weight excluding hydrogens is 673 g/mol. The number of fused-ring (bicyclic) bond motifs is 1. The molecule has 2 N–H and O–H groups in total. The second kappa shape index (κ2) is 12.1. The number of nitrogen functional groups attached to an aromatic ring is 1. The number of anilines is 2. The zero-order valence-electron chi connectivity index (χ0n) is 28.4. The number of alkyl halides is 3. The van der Waals surface area contributed by atoms with E-state index in [-0.39, 0.29) is 70.4 Å². The third kappa shape index (κ3) is 6.33. The van der Waals surface area contributed by atoms with Crippen LogP contribution in [0.1, 0.15) is 89.1 Å². The molecule has 1 aliphatic heterocycles. The summed E-state index contributed by atoms with van der Waals surface area (Å²) in [5.41, 5.74) is 5.17. The van der Waals surface area contributed by atoms with Crippen molar-refractivity contribution in [3.8, 4) is 16.9 Å². The maximum Gasteiger partial charge on any atom is 0.417 e. The molecule has 1 saturated heterocycles. The lowest BCUT2D eigenvalue weighted by atomic mass is 10.0. The monoisotopic (exact) mass is 710 g/mol. The van der Waals surface area contributed by atoms with Gasteiger partial charge in [-0.05, 0) is 84.6 Å². The van der Waals surface area contributed by atoms with Crippen LogP contribution in [0.5, 0.6) is 0 Å². The summed E-state index contributed by atoms with van der Waals surface area (Å²) in [6, 6.07) is 4.09. The normalized spacial score (nSPS) is 20.0. The highest BCUT2D eigenvalue weighted by atomic mass is 35.5. The topological polar surface area (TPSA) is 132 Å². The first-order chi connectivity index (χ1) is 23.5. The fourth-order valence-electron chi connectivity index (χ4n) is 6.66. The summed E-state index contributed by atoms with van der Waals surface area (Å²) in [5.74, 6) is 0.463. The van der Waals surface area contributed by atoms with Crippen LogP contribution in [-0.4, -0.2) is 66.3 Å². The van der Waals surface area contributed by atoms with Crippen molar-refractivity contribution in [1.82, 2.24) is 29.4 Å². The van der Waals surface area contributed by atoms with Gasteiger partial charge in [-0.15, -0.1) is 0 Å². The van der Waals surface area contributed by atoms with Gasteiger partial charge in [-0.25, -0.2) is 29.1 Å². The Hall–Kier alpha value is -4.46. The second-order valence-corrected chi connectivity index (χ2v) is 15.0. The average Bonchev–Trinajstić information content (AvgIpc) is 3.94. The zero-order valence-corrected chi connectivity index (χ0v) is 29.1. The number of hydrogen-bond donors (Lipinski definition) is 1. The van der Waals surface area contributed by atoms with Crippen LogP contribution in [0.2, 0.25) is 5.02 Å². The maximum absolute atomic E-state index is 14.4. The van der Waals surface area contributed by atoms with Gasteiger partial charge in [0.15, 0.2) is 5.65 Å². The van der Waals surface area contributed by atoms with E-state index < -0.39 is 29.1 Å². The summed E-state index contributed by atoms with van der Waals surface area (Å²) in [6.45, 7) is 9.72. The molecule has 0 unspecified atom stereocenters. The Balaban J connectivity index is 1.46. The molecule has 3 aromatic heterocycles. The molecule has 4 aromatic rings. The van der Waals surface area contributed by atoms with Gasteiger partial charge in [0, 0.05) is 48.3 Å². The zero-order chi connectivity index (χ0) is 35.9. The molecule has 1 aromatic carbocycles. The van der Waals surface area contributed by atoms with E-state index in [0.717, 1.165) is 31.7 Å². The summed E-state index contributed by atoms with van der Waals surface area (Å²) in [6.07, 6.45) is -0.161. The summed E-state index contributed by atoms with van der Waals surface area (Å²) >= 11 is 6.84. The summed E-state index contributed by atoms with van der Waals surface area (Å²) in [5, 5.41) is 0.275. The maximum atomic E-state index is 14.4. The van der Waals surface area contributed by atoms with Crippen molar-refractivity contribution < 1.29 is 22.7 Å². The van der Waals surface area contributed by atoms with Crippen molar-refractivity contribution >= 4 is 40.2 Å². The van der Waals surface area contributed by atoms with E-state index in [1.165, 1.54) is 29.1 Å². The number of aromatic nitrogens is 5. The van der Waals surface area contributed by atoms with Crippen LogP contribution in [0.15, 0.2) is 35.4 Å². The number of hydrogen-bond acceptors (Lipinski definition) is 9. The van der Waals surface area contributed by atoms with Crippen molar-refractivity contribution in [2.45, 2.75) is 96.0 Å². The van der Waals surface area contributed by atoms with E-state index in [2.05, 4.69) is 15.0 Å². The molecule has 2 atom stereocenters. The Bertz CT molecular complexity index is 2040. The molecule has 1 amide bonds. The molecule has 2 saturated carbocycles. The molecule has 0 radical (unpaired) electrons. The van der Waals surface area contributed by atoms with Crippen LogP contribution in [0.4, 0.5) is 29.5 Å². The van der Waals surface area contributed by atoms with Crippen LogP contribution in [0, 0.1) is 0 Å². The van der Waals surface area contributed by atoms with Gasteiger partial charge < -0.3 is 20.3 Å². The number of benzene rings is 1. The van der Waals surface area contributed by atoms with Gasteiger partial charge in [-0.1, -0.05) is 11.6 Å². The van der Waals surface area contributed by atoms with Gasteiger partial charge in [0.1, 0.15) is 17.7 Å². The van der Waals surface area contributed by atoms with E-state index in [1.54, 1.807) is 25.7 Å².